The van der Waals surface area contributed by atoms with E-state index < -0.39 is 0 Å². The molecule has 1 atom stereocenters. The third-order valence-corrected chi connectivity index (χ3v) is 4.16. The standard InChI is InChI=1S/C15H19NS/c1-10-7-5-6-8-13(10)15(16-4)14-9-11(2)17-12(14)3/h5-9,15-16H,1-4H3. The van der Waals surface area contributed by atoms with Crippen molar-refractivity contribution in [3.05, 3.63) is 56.8 Å². The first-order valence-corrected chi connectivity index (χ1v) is 6.75. The molecule has 90 valence electrons. The van der Waals surface area contributed by atoms with Crippen molar-refractivity contribution in [1.82, 2.24) is 5.32 Å². The number of rotatable bonds is 3. The molecule has 1 N–H and O–H groups in total. The van der Waals surface area contributed by atoms with E-state index in [1.807, 2.05) is 18.4 Å². The van der Waals surface area contributed by atoms with Crippen LogP contribution in [0.25, 0.3) is 0 Å². The molecule has 1 nitrogen and oxygen atoms in total. The van der Waals surface area contributed by atoms with Crippen LogP contribution in [-0.4, -0.2) is 7.05 Å². The molecule has 0 aliphatic heterocycles. The van der Waals surface area contributed by atoms with E-state index in [4.69, 9.17) is 0 Å². The SMILES string of the molecule is CNC(c1ccccc1C)c1cc(C)sc1C. The van der Waals surface area contributed by atoms with Gasteiger partial charge < -0.3 is 5.32 Å². The van der Waals surface area contributed by atoms with E-state index in [1.165, 1.54) is 26.4 Å². The zero-order chi connectivity index (χ0) is 12.4. The van der Waals surface area contributed by atoms with Gasteiger partial charge in [-0.05, 0) is 50.6 Å². The summed E-state index contributed by atoms with van der Waals surface area (Å²) in [5, 5.41) is 3.44. The minimum absolute atomic E-state index is 0.307. The molecule has 0 aliphatic carbocycles. The van der Waals surface area contributed by atoms with Crippen molar-refractivity contribution in [3.8, 4) is 0 Å². The van der Waals surface area contributed by atoms with Crippen molar-refractivity contribution in [2.75, 3.05) is 7.05 Å². The Balaban J connectivity index is 2.47. The average Bonchev–Trinajstić information content (AvgIpc) is 2.62. The summed E-state index contributed by atoms with van der Waals surface area (Å²) in [6.45, 7) is 6.55. The fraction of sp³-hybridized carbons (Fsp3) is 0.333. The summed E-state index contributed by atoms with van der Waals surface area (Å²) in [5.41, 5.74) is 4.12. The summed E-state index contributed by atoms with van der Waals surface area (Å²) < 4.78 is 0. The molecular formula is C15H19NS. The lowest BCUT2D eigenvalue weighted by Crippen LogP contribution is -2.18. The van der Waals surface area contributed by atoms with Crippen molar-refractivity contribution in [2.45, 2.75) is 26.8 Å². The monoisotopic (exact) mass is 245 g/mol. The fourth-order valence-electron chi connectivity index (χ4n) is 2.33. The van der Waals surface area contributed by atoms with Gasteiger partial charge in [-0.15, -0.1) is 11.3 Å². The van der Waals surface area contributed by atoms with E-state index >= 15 is 0 Å². The molecule has 0 aliphatic rings. The minimum Gasteiger partial charge on any atom is -0.309 e. The average molecular weight is 245 g/mol. The maximum absolute atomic E-state index is 3.44. The van der Waals surface area contributed by atoms with Gasteiger partial charge in [0, 0.05) is 9.75 Å². The van der Waals surface area contributed by atoms with Gasteiger partial charge in [-0.25, -0.2) is 0 Å². The topological polar surface area (TPSA) is 12.0 Å². The van der Waals surface area contributed by atoms with Crippen LogP contribution in [0.2, 0.25) is 0 Å². The predicted octanol–water partition coefficient (Wildman–Crippen LogP) is 3.98. The second-order valence-corrected chi connectivity index (χ2v) is 5.91. The van der Waals surface area contributed by atoms with Crippen LogP contribution in [0.4, 0.5) is 0 Å². The largest absolute Gasteiger partial charge is 0.309 e. The zero-order valence-corrected chi connectivity index (χ0v) is 11.7. The van der Waals surface area contributed by atoms with Gasteiger partial charge in [0.1, 0.15) is 0 Å². The summed E-state index contributed by atoms with van der Waals surface area (Å²) in [7, 11) is 2.03. The number of hydrogen-bond donors (Lipinski definition) is 1. The zero-order valence-electron chi connectivity index (χ0n) is 10.9. The van der Waals surface area contributed by atoms with Crippen LogP contribution in [0, 0.1) is 20.8 Å². The first-order chi connectivity index (χ1) is 8.13. The van der Waals surface area contributed by atoms with E-state index in [2.05, 4.69) is 56.4 Å². The van der Waals surface area contributed by atoms with E-state index in [0.29, 0.717) is 6.04 Å². The Morgan fingerprint density at radius 3 is 2.29 bits per heavy atom. The lowest BCUT2D eigenvalue weighted by atomic mass is 9.95. The van der Waals surface area contributed by atoms with Crippen molar-refractivity contribution in [3.63, 3.8) is 0 Å². The van der Waals surface area contributed by atoms with Crippen LogP contribution < -0.4 is 5.32 Å². The van der Waals surface area contributed by atoms with Gasteiger partial charge in [0.25, 0.3) is 0 Å². The van der Waals surface area contributed by atoms with Gasteiger partial charge in [-0.2, -0.15) is 0 Å². The first-order valence-electron chi connectivity index (χ1n) is 5.93. The molecule has 0 fully saturated rings. The molecule has 2 heteroatoms. The third-order valence-electron chi connectivity index (χ3n) is 3.18. The van der Waals surface area contributed by atoms with Crippen molar-refractivity contribution in [2.24, 2.45) is 0 Å². The van der Waals surface area contributed by atoms with E-state index in [9.17, 15) is 0 Å². The number of nitrogens with one attached hydrogen (secondary N) is 1. The van der Waals surface area contributed by atoms with E-state index in [-0.39, 0.29) is 0 Å². The van der Waals surface area contributed by atoms with Gasteiger partial charge in [0.15, 0.2) is 0 Å². The highest BCUT2D eigenvalue weighted by Crippen LogP contribution is 2.31. The number of aryl methyl sites for hydroxylation is 3. The maximum atomic E-state index is 3.44. The highest BCUT2D eigenvalue weighted by Gasteiger charge is 2.17. The highest BCUT2D eigenvalue weighted by atomic mass is 32.1. The highest BCUT2D eigenvalue weighted by molar-refractivity contribution is 7.12. The second kappa shape index (κ2) is 5.03. The number of benzene rings is 1. The van der Waals surface area contributed by atoms with Crippen molar-refractivity contribution >= 4 is 11.3 Å². The Morgan fingerprint density at radius 2 is 1.76 bits per heavy atom. The molecule has 0 saturated heterocycles. The number of thiophene rings is 1. The molecule has 0 spiro atoms. The summed E-state index contributed by atoms with van der Waals surface area (Å²) >= 11 is 1.87. The first kappa shape index (κ1) is 12.3. The second-order valence-electron chi connectivity index (χ2n) is 4.45. The van der Waals surface area contributed by atoms with Gasteiger partial charge in [0.05, 0.1) is 6.04 Å². The Hall–Kier alpha value is -1.12. The van der Waals surface area contributed by atoms with Crippen LogP contribution in [0.1, 0.15) is 32.5 Å². The Labute approximate surface area is 108 Å². The fourth-order valence-corrected chi connectivity index (χ4v) is 3.29. The lowest BCUT2D eigenvalue weighted by Gasteiger charge is -2.19. The molecule has 0 amide bonds. The summed E-state index contributed by atoms with van der Waals surface area (Å²) in [4.78, 5) is 2.79. The van der Waals surface area contributed by atoms with E-state index in [1.54, 1.807) is 0 Å². The molecule has 2 aromatic rings. The maximum Gasteiger partial charge on any atom is 0.0587 e. The lowest BCUT2D eigenvalue weighted by molar-refractivity contribution is 0.686. The molecule has 17 heavy (non-hydrogen) atoms. The van der Waals surface area contributed by atoms with Crippen LogP contribution in [0.3, 0.4) is 0 Å². The molecule has 1 aromatic heterocycles. The van der Waals surface area contributed by atoms with Crippen molar-refractivity contribution in [1.29, 1.82) is 0 Å². The van der Waals surface area contributed by atoms with Gasteiger partial charge in [-0.3, -0.25) is 0 Å². The normalized spacial score (nSPS) is 12.7. The summed E-state index contributed by atoms with van der Waals surface area (Å²) in [5.74, 6) is 0. The molecule has 0 bridgehead atoms. The molecular weight excluding hydrogens is 226 g/mol. The van der Waals surface area contributed by atoms with Crippen LogP contribution in [0.5, 0.6) is 0 Å². The molecule has 1 aromatic carbocycles. The molecule has 1 unspecified atom stereocenters. The number of hydrogen-bond acceptors (Lipinski definition) is 2. The quantitative estimate of drug-likeness (QED) is 0.862. The van der Waals surface area contributed by atoms with Crippen LogP contribution >= 0.6 is 11.3 Å². The smallest absolute Gasteiger partial charge is 0.0587 e. The minimum atomic E-state index is 0.307. The third kappa shape index (κ3) is 2.43. The van der Waals surface area contributed by atoms with E-state index in [0.717, 1.165) is 0 Å². The predicted molar refractivity (Wildman–Crippen MR) is 75.9 cm³/mol. The molecule has 1 heterocycles. The van der Waals surface area contributed by atoms with Gasteiger partial charge in [0.2, 0.25) is 0 Å². The summed E-state index contributed by atoms with van der Waals surface area (Å²) in [6, 6.07) is 11.2. The van der Waals surface area contributed by atoms with Crippen LogP contribution in [0.15, 0.2) is 30.3 Å². The molecule has 2 rings (SSSR count). The Morgan fingerprint density at radius 1 is 1.06 bits per heavy atom. The van der Waals surface area contributed by atoms with Gasteiger partial charge >= 0.3 is 0 Å². The summed E-state index contributed by atoms with van der Waals surface area (Å²) in [6.07, 6.45) is 0. The van der Waals surface area contributed by atoms with Crippen LogP contribution in [-0.2, 0) is 0 Å². The Kier molecular flexibility index (Phi) is 3.65. The van der Waals surface area contributed by atoms with Crippen molar-refractivity contribution < 1.29 is 0 Å². The Bertz CT molecular complexity index is 513. The molecule has 0 saturated carbocycles. The van der Waals surface area contributed by atoms with Gasteiger partial charge in [-0.1, -0.05) is 24.3 Å². The molecule has 0 radical (unpaired) electrons.